The van der Waals surface area contributed by atoms with Crippen LogP contribution in [0.1, 0.15) is 19.4 Å². The van der Waals surface area contributed by atoms with E-state index in [2.05, 4.69) is 0 Å². The summed E-state index contributed by atoms with van der Waals surface area (Å²) >= 11 is 1.51. The fourth-order valence-corrected chi connectivity index (χ4v) is 1.71. The van der Waals surface area contributed by atoms with Gasteiger partial charge in [-0.2, -0.15) is 0 Å². The van der Waals surface area contributed by atoms with Gasteiger partial charge in [0.15, 0.2) is 0 Å². The van der Waals surface area contributed by atoms with Crippen LogP contribution in [-0.2, 0) is 5.60 Å². The van der Waals surface area contributed by atoms with E-state index in [4.69, 9.17) is 5.73 Å². The average molecular weight is 157 g/mol. The van der Waals surface area contributed by atoms with Crippen LogP contribution in [0.2, 0.25) is 0 Å². The number of nitrogens with two attached hydrogens (primary N) is 1. The first kappa shape index (κ1) is 7.57. The molecule has 0 atom stereocenters. The van der Waals surface area contributed by atoms with E-state index in [1.807, 2.05) is 10.8 Å². The van der Waals surface area contributed by atoms with Gasteiger partial charge in [-0.3, -0.25) is 0 Å². The van der Waals surface area contributed by atoms with Crippen molar-refractivity contribution < 1.29 is 5.11 Å². The number of anilines is 1. The Morgan fingerprint density at radius 3 is 2.30 bits per heavy atom. The minimum Gasteiger partial charge on any atom is -0.398 e. The summed E-state index contributed by atoms with van der Waals surface area (Å²) < 4.78 is 0. The molecule has 0 unspecified atom stereocenters. The fraction of sp³-hybridized carbons (Fsp3) is 0.429. The van der Waals surface area contributed by atoms with E-state index in [1.165, 1.54) is 11.3 Å². The topological polar surface area (TPSA) is 46.2 Å². The normalized spacial score (nSPS) is 11.9. The highest BCUT2D eigenvalue weighted by molar-refractivity contribution is 7.08. The van der Waals surface area contributed by atoms with E-state index < -0.39 is 5.60 Å². The summed E-state index contributed by atoms with van der Waals surface area (Å²) in [5.41, 5.74) is 6.27. The lowest BCUT2D eigenvalue weighted by Crippen LogP contribution is -2.15. The number of hydrogen-bond donors (Lipinski definition) is 2. The molecule has 0 aliphatic rings. The van der Waals surface area contributed by atoms with Gasteiger partial charge in [-0.25, -0.2) is 0 Å². The first-order chi connectivity index (χ1) is 4.52. The molecule has 10 heavy (non-hydrogen) atoms. The second-order valence-electron chi connectivity index (χ2n) is 2.80. The van der Waals surface area contributed by atoms with Crippen LogP contribution in [0.25, 0.3) is 0 Å². The Labute approximate surface area is 64.3 Å². The zero-order chi connectivity index (χ0) is 7.78. The summed E-state index contributed by atoms with van der Waals surface area (Å²) in [5.74, 6) is 0. The molecule has 1 heterocycles. The van der Waals surface area contributed by atoms with Gasteiger partial charge in [0, 0.05) is 16.6 Å². The van der Waals surface area contributed by atoms with E-state index in [9.17, 15) is 5.11 Å². The maximum atomic E-state index is 9.49. The SMILES string of the molecule is CC(C)(O)c1cscc1N. The fourth-order valence-electron chi connectivity index (χ4n) is 0.804. The second-order valence-corrected chi connectivity index (χ2v) is 3.54. The molecule has 0 spiro atoms. The molecule has 3 N–H and O–H groups in total. The first-order valence-corrected chi connectivity index (χ1v) is 4.00. The third-order valence-corrected chi connectivity index (χ3v) is 2.11. The molecular weight excluding hydrogens is 146 g/mol. The smallest absolute Gasteiger partial charge is 0.0868 e. The zero-order valence-electron chi connectivity index (χ0n) is 6.09. The number of hydrogen-bond acceptors (Lipinski definition) is 3. The predicted octanol–water partition coefficient (Wildman–Crippen LogP) is 1.56. The van der Waals surface area contributed by atoms with E-state index in [1.54, 1.807) is 13.8 Å². The Morgan fingerprint density at radius 1 is 1.50 bits per heavy atom. The molecular formula is C7H11NOS. The van der Waals surface area contributed by atoms with Gasteiger partial charge in [0.05, 0.1) is 5.60 Å². The Balaban J connectivity index is 3.05. The molecule has 0 radical (unpaired) electrons. The Morgan fingerprint density at radius 2 is 2.10 bits per heavy atom. The third kappa shape index (κ3) is 1.30. The maximum absolute atomic E-state index is 9.49. The molecule has 0 aliphatic carbocycles. The number of nitrogen functional groups attached to an aromatic ring is 1. The number of aliphatic hydroxyl groups is 1. The van der Waals surface area contributed by atoms with E-state index in [0.717, 1.165) is 5.56 Å². The molecule has 1 aromatic rings. The Bertz CT molecular complexity index is 224. The van der Waals surface area contributed by atoms with Crippen molar-refractivity contribution in [2.75, 3.05) is 5.73 Å². The van der Waals surface area contributed by atoms with Crippen LogP contribution in [0.4, 0.5) is 5.69 Å². The number of rotatable bonds is 1. The molecule has 0 fully saturated rings. The van der Waals surface area contributed by atoms with Gasteiger partial charge >= 0.3 is 0 Å². The Hall–Kier alpha value is -0.540. The van der Waals surface area contributed by atoms with Crippen molar-refractivity contribution in [1.29, 1.82) is 0 Å². The van der Waals surface area contributed by atoms with Gasteiger partial charge in [-0.15, -0.1) is 11.3 Å². The summed E-state index contributed by atoms with van der Waals surface area (Å²) in [6.45, 7) is 3.46. The molecule has 56 valence electrons. The van der Waals surface area contributed by atoms with Crippen molar-refractivity contribution in [3.8, 4) is 0 Å². The van der Waals surface area contributed by atoms with Crippen LogP contribution in [-0.4, -0.2) is 5.11 Å². The van der Waals surface area contributed by atoms with Crippen LogP contribution in [0.3, 0.4) is 0 Å². The minimum atomic E-state index is -0.802. The van der Waals surface area contributed by atoms with Crippen molar-refractivity contribution in [2.45, 2.75) is 19.4 Å². The molecule has 0 saturated carbocycles. The summed E-state index contributed by atoms with van der Waals surface area (Å²) in [7, 11) is 0. The van der Waals surface area contributed by atoms with Crippen LogP contribution >= 0.6 is 11.3 Å². The highest BCUT2D eigenvalue weighted by atomic mass is 32.1. The van der Waals surface area contributed by atoms with Crippen molar-refractivity contribution >= 4 is 17.0 Å². The van der Waals surface area contributed by atoms with Gasteiger partial charge < -0.3 is 10.8 Å². The van der Waals surface area contributed by atoms with Gasteiger partial charge in [0.1, 0.15) is 0 Å². The summed E-state index contributed by atoms with van der Waals surface area (Å²) in [5, 5.41) is 13.2. The molecule has 0 amide bonds. The Kier molecular flexibility index (Phi) is 1.70. The van der Waals surface area contributed by atoms with Crippen molar-refractivity contribution in [2.24, 2.45) is 0 Å². The molecule has 1 aromatic heterocycles. The van der Waals surface area contributed by atoms with Crippen LogP contribution in [0.5, 0.6) is 0 Å². The first-order valence-electron chi connectivity index (χ1n) is 3.06. The van der Waals surface area contributed by atoms with Crippen molar-refractivity contribution in [3.63, 3.8) is 0 Å². The lowest BCUT2D eigenvalue weighted by atomic mass is 10.0. The predicted molar refractivity (Wildman–Crippen MR) is 44.0 cm³/mol. The van der Waals surface area contributed by atoms with E-state index >= 15 is 0 Å². The molecule has 2 nitrogen and oxygen atoms in total. The minimum absolute atomic E-state index is 0.678. The van der Waals surface area contributed by atoms with Gasteiger partial charge in [-0.05, 0) is 19.2 Å². The molecule has 0 saturated heterocycles. The van der Waals surface area contributed by atoms with Crippen LogP contribution in [0.15, 0.2) is 10.8 Å². The molecule has 0 bridgehead atoms. The second kappa shape index (κ2) is 2.25. The van der Waals surface area contributed by atoms with E-state index in [0.29, 0.717) is 5.69 Å². The molecule has 1 rings (SSSR count). The summed E-state index contributed by atoms with van der Waals surface area (Å²) in [6.07, 6.45) is 0. The van der Waals surface area contributed by atoms with Crippen molar-refractivity contribution in [3.05, 3.63) is 16.3 Å². The molecule has 0 aliphatic heterocycles. The average Bonchev–Trinajstić information content (AvgIpc) is 2.11. The summed E-state index contributed by atoms with van der Waals surface area (Å²) in [4.78, 5) is 0. The third-order valence-electron chi connectivity index (χ3n) is 1.35. The quantitative estimate of drug-likeness (QED) is 0.649. The lowest BCUT2D eigenvalue weighted by molar-refractivity contribution is 0.0798. The van der Waals surface area contributed by atoms with Crippen LogP contribution in [0, 0.1) is 0 Å². The number of thiophene rings is 1. The molecule has 0 aromatic carbocycles. The van der Waals surface area contributed by atoms with Crippen LogP contribution < -0.4 is 5.73 Å². The lowest BCUT2D eigenvalue weighted by Gasteiger charge is -2.16. The zero-order valence-corrected chi connectivity index (χ0v) is 6.90. The highest BCUT2D eigenvalue weighted by Gasteiger charge is 2.18. The molecule has 3 heteroatoms. The standard InChI is InChI=1S/C7H11NOS/c1-7(2,9)5-3-10-4-6(5)8/h3-4,9H,8H2,1-2H3. The van der Waals surface area contributed by atoms with Gasteiger partial charge in [0.25, 0.3) is 0 Å². The van der Waals surface area contributed by atoms with Crippen molar-refractivity contribution in [1.82, 2.24) is 0 Å². The van der Waals surface area contributed by atoms with Gasteiger partial charge in [0.2, 0.25) is 0 Å². The maximum Gasteiger partial charge on any atom is 0.0868 e. The van der Waals surface area contributed by atoms with Gasteiger partial charge in [-0.1, -0.05) is 0 Å². The van der Waals surface area contributed by atoms with E-state index in [-0.39, 0.29) is 0 Å². The monoisotopic (exact) mass is 157 g/mol. The highest BCUT2D eigenvalue weighted by Crippen LogP contribution is 2.28. The largest absolute Gasteiger partial charge is 0.398 e. The summed E-state index contributed by atoms with van der Waals surface area (Å²) in [6, 6.07) is 0.